The fraction of sp³-hybridized carbons (Fsp3) is 0.186. The highest BCUT2D eigenvalue weighted by Gasteiger charge is 2.72. The maximum absolute atomic E-state index is 13.7. The van der Waals surface area contributed by atoms with Crippen molar-refractivity contribution in [2.24, 2.45) is 0 Å². The van der Waals surface area contributed by atoms with Gasteiger partial charge < -0.3 is 45.6 Å². The number of aromatic hydroxyl groups is 8. The van der Waals surface area contributed by atoms with E-state index < -0.39 is 34.6 Å². The molecule has 0 spiro atoms. The van der Waals surface area contributed by atoms with E-state index in [1.807, 2.05) is 122 Å². The van der Waals surface area contributed by atoms with Crippen LogP contribution in [0.1, 0.15) is 165 Å². The van der Waals surface area contributed by atoms with Crippen molar-refractivity contribution in [2.75, 3.05) is 7.11 Å². The topological polar surface area (TPSA) is 171 Å². The van der Waals surface area contributed by atoms with Crippen LogP contribution in [-0.2, 0) is 28.1 Å². The first-order valence-corrected chi connectivity index (χ1v) is 43.0. The number of ether oxygens (including phenoxy) is 1. The Morgan fingerprint density at radius 2 is 0.562 bits per heavy atom. The number of halogens is 8. The predicted molar refractivity (Wildman–Crippen MR) is 516 cm³/mol. The molecule has 0 heterocycles. The summed E-state index contributed by atoms with van der Waals surface area (Å²) in [5, 5.41) is 75.2. The predicted octanol–water partition coefficient (Wildman–Crippen LogP) is 29.7. The minimum absolute atomic E-state index is 0.00139. The molecule has 15 aromatic carbocycles. The standard InChI is InChI=1S/C21H20O.C17H20O.C16H12F6O.C16H18O2.C15H12Cl2O.C15H16O.C13H12O2/c1-16-8-10-18(11-9-16)21(2,17-6-4-3-5-7-17)19-12-14-20(22)15-13-19;1-4-17(3,14-7-5-13(2)6-8-14)15-9-11-16(18)12-10-15;1-10-2-4-11(5-3-10)14(15(17,18)19,16(20,21)22)12-6-8-13(23)9-7-12;1-16(2,12-4-8-14(17)9-5-12)13-6-10-15(18-3)11-7-13;1-10-2-4-11(5-3-10)14(15(16)17)12-6-8-13(18)9-7-12;1-11-3-5-13(6-4-11)12(2)14-7-9-15(16)10-8-14;14-12-7-3-1-5-10(12)9-11-6-2-4-8-13(11)15/h3-15,22H,1-2H3;5-12,18H,4H2,1-3H3;2-9,23H,1H3;4-11,17H,1-3H3;2-9,18H,1H3;3-10,12,16H,1-2H3;1-8,14-15H,9H2. The fourth-order valence-electron chi connectivity index (χ4n) is 14.9. The van der Waals surface area contributed by atoms with Crippen molar-refractivity contribution in [2.45, 2.75) is 129 Å². The zero-order valence-electron chi connectivity index (χ0n) is 74.7. The summed E-state index contributed by atoms with van der Waals surface area (Å²) < 4.78 is 87.4. The molecule has 130 heavy (non-hydrogen) atoms. The Kier molecular flexibility index (Phi) is 35.0. The summed E-state index contributed by atoms with van der Waals surface area (Å²) in [4.78, 5) is 0. The van der Waals surface area contributed by atoms with E-state index in [2.05, 4.69) is 172 Å². The monoisotopic (exact) mass is 1790 g/mol. The van der Waals surface area contributed by atoms with Crippen molar-refractivity contribution in [3.63, 3.8) is 0 Å². The third-order valence-corrected chi connectivity index (χ3v) is 23.8. The molecule has 9 nitrogen and oxygen atoms in total. The quantitative estimate of drug-likeness (QED) is 0.0326. The van der Waals surface area contributed by atoms with Gasteiger partial charge in [-0.25, -0.2) is 0 Å². The van der Waals surface area contributed by atoms with E-state index in [1.165, 1.54) is 84.5 Å². The molecule has 3 atom stereocenters. The molecular weight excluding hydrogens is 1690 g/mol. The summed E-state index contributed by atoms with van der Waals surface area (Å²) in [6.45, 7) is 23.1. The van der Waals surface area contributed by atoms with Crippen LogP contribution < -0.4 is 4.74 Å². The van der Waals surface area contributed by atoms with Crippen LogP contribution in [0.3, 0.4) is 0 Å². The summed E-state index contributed by atoms with van der Waals surface area (Å²) in [7, 11) is 1.67. The molecule has 0 aromatic heterocycles. The van der Waals surface area contributed by atoms with Crippen LogP contribution in [0.25, 0.3) is 5.57 Å². The molecule has 8 N–H and O–H groups in total. The van der Waals surface area contributed by atoms with Crippen molar-refractivity contribution in [3.8, 4) is 51.7 Å². The number of benzene rings is 15. The molecule has 3 unspecified atom stereocenters. The lowest BCUT2D eigenvalue weighted by molar-refractivity contribution is -0.288. The van der Waals surface area contributed by atoms with Crippen molar-refractivity contribution in [3.05, 3.63) is 486 Å². The summed E-state index contributed by atoms with van der Waals surface area (Å²) in [6.07, 6.45) is -9.66. The van der Waals surface area contributed by atoms with Gasteiger partial charge in [-0.05, 0) is 228 Å². The van der Waals surface area contributed by atoms with Gasteiger partial charge in [-0.3, -0.25) is 0 Å². The lowest BCUT2D eigenvalue weighted by Gasteiger charge is -2.38. The number of para-hydroxylation sites is 2. The largest absolute Gasteiger partial charge is 0.508 e. The van der Waals surface area contributed by atoms with Crippen LogP contribution in [-0.4, -0.2) is 60.3 Å². The van der Waals surface area contributed by atoms with Crippen LogP contribution in [0.2, 0.25) is 0 Å². The van der Waals surface area contributed by atoms with Crippen LogP contribution in [0.4, 0.5) is 26.3 Å². The van der Waals surface area contributed by atoms with E-state index in [0.29, 0.717) is 53.0 Å². The molecule has 0 radical (unpaired) electrons. The van der Waals surface area contributed by atoms with Gasteiger partial charge in [0.1, 0.15) is 56.2 Å². The van der Waals surface area contributed by atoms with Gasteiger partial charge in [0.25, 0.3) is 0 Å². The third kappa shape index (κ3) is 26.1. The van der Waals surface area contributed by atoms with E-state index in [9.17, 15) is 67.2 Å². The number of alkyl halides is 6. The Morgan fingerprint density at radius 1 is 0.308 bits per heavy atom. The van der Waals surface area contributed by atoms with Crippen LogP contribution in [0.15, 0.2) is 375 Å². The van der Waals surface area contributed by atoms with E-state index >= 15 is 0 Å². The Hall–Kier alpha value is -13.6. The van der Waals surface area contributed by atoms with E-state index in [1.54, 1.807) is 111 Å². The van der Waals surface area contributed by atoms with E-state index in [4.69, 9.17) is 27.9 Å². The normalized spacial score (nSPS) is 12.2. The van der Waals surface area contributed by atoms with Crippen LogP contribution >= 0.6 is 23.2 Å². The van der Waals surface area contributed by atoms with Crippen molar-refractivity contribution in [1.29, 1.82) is 0 Å². The zero-order valence-corrected chi connectivity index (χ0v) is 76.2. The SMILES string of the molecule is CCC(C)(c1ccc(C)cc1)c1ccc(O)cc1.COc1ccc(C(C)(C)c2ccc(O)cc2)cc1.Cc1ccc(C(=C(Cl)Cl)c2ccc(O)cc2)cc1.Cc1ccc(C(C)(c2ccccc2)c2ccc(O)cc2)cc1.Cc1ccc(C(C)c2ccc(O)cc2)cc1.Cc1ccc(C(c2ccc(O)cc2)(C(F)(F)F)C(F)(F)F)cc1.Oc1ccccc1Cc1ccccc1O. The number of aryl methyl sites for hydroxylation is 5. The molecule has 0 amide bonds. The van der Waals surface area contributed by atoms with Crippen molar-refractivity contribution in [1.82, 2.24) is 0 Å². The minimum Gasteiger partial charge on any atom is -0.508 e. The molecule has 672 valence electrons. The highest BCUT2D eigenvalue weighted by molar-refractivity contribution is 6.59. The second-order valence-electron chi connectivity index (χ2n) is 32.8. The van der Waals surface area contributed by atoms with E-state index in [0.717, 1.165) is 64.3 Å². The highest BCUT2D eigenvalue weighted by Crippen LogP contribution is 2.56. The van der Waals surface area contributed by atoms with Crippen LogP contribution in [0.5, 0.6) is 51.7 Å². The highest BCUT2D eigenvalue weighted by atomic mass is 35.5. The molecular formula is C113H110Cl2F6O9. The van der Waals surface area contributed by atoms with E-state index in [-0.39, 0.29) is 38.0 Å². The number of hydrogen-bond donors (Lipinski definition) is 8. The van der Waals surface area contributed by atoms with Gasteiger partial charge >= 0.3 is 12.4 Å². The molecule has 15 aromatic rings. The first-order chi connectivity index (χ1) is 61.7. The smallest absolute Gasteiger partial charge is 0.411 e. The lowest BCUT2D eigenvalue weighted by atomic mass is 9.71. The molecule has 0 saturated heterocycles. The molecule has 0 fully saturated rings. The number of hydrogen-bond acceptors (Lipinski definition) is 9. The second-order valence-corrected chi connectivity index (χ2v) is 33.7. The molecule has 0 aliphatic rings. The summed E-state index contributed by atoms with van der Waals surface area (Å²) >= 11 is 11.9. The van der Waals surface area contributed by atoms with Crippen LogP contribution in [0, 0.1) is 34.6 Å². The number of methoxy groups -OCH3 is 1. The average molecular weight is 1800 g/mol. The first-order valence-electron chi connectivity index (χ1n) is 42.3. The summed E-state index contributed by atoms with van der Waals surface area (Å²) in [6, 6.07) is 110. The molecule has 17 heteroatoms. The Morgan fingerprint density at radius 3 is 0.900 bits per heavy atom. The molecule has 0 saturated carbocycles. The first kappa shape index (κ1) is 100. The zero-order chi connectivity index (χ0) is 94.7. The summed E-state index contributed by atoms with van der Waals surface area (Å²) in [5.41, 5.74) is 14.4. The van der Waals surface area contributed by atoms with Gasteiger partial charge in [-0.15, -0.1) is 0 Å². The third-order valence-electron chi connectivity index (χ3n) is 23.4. The van der Waals surface area contributed by atoms with Gasteiger partial charge in [-0.1, -0.05) is 359 Å². The van der Waals surface area contributed by atoms with Gasteiger partial charge in [0.15, 0.2) is 0 Å². The molecule has 0 aliphatic carbocycles. The Balaban J connectivity index is 0.000000172. The van der Waals surface area contributed by atoms with Crippen molar-refractivity contribution >= 4 is 28.8 Å². The molecule has 0 aliphatic heterocycles. The molecule has 0 bridgehead atoms. The Labute approximate surface area is 769 Å². The minimum atomic E-state index is -5.61. The average Bonchev–Trinajstić information content (AvgIpc) is 0.713. The second kappa shape index (κ2) is 45.4. The van der Waals surface area contributed by atoms with Gasteiger partial charge in [0.2, 0.25) is 5.41 Å². The fourth-order valence-corrected chi connectivity index (χ4v) is 15.3. The number of phenolic OH excluding ortho intramolecular Hbond substituents is 8. The maximum atomic E-state index is 13.7. The molecule has 15 rings (SSSR count). The Bertz CT molecular complexity index is 5740. The van der Waals surface area contributed by atoms with Crippen molar-refractivity contribution < 1.29 is 71.9 Å². The van der Waals surface area contributed by atoms with Gasteiger partial charge in [0, 0.05) is 34.2 Å². The summed E-state index contributed by atoms with van der Waals surface area (Å²) in [5.74, 6) is 2.78. The van der Waals surface area contributed by atoms with Gasteiger partial charge in [0.05, 0.1) is 7.11 Å². The number of rotatable bonds is 17. The maximum Gasteiger partial charge on any atom is 0.411 e. The lowest BCUT2D eigenvalue weighted by Crippen LogP contribution is -2.54. The van der Waals surface area contributed by atoms with Gasteiger partial charge in [-0.2, -0.15) is 26.3 Å². The number of phenols is 8.